The van der Waals surface area contributed by atoms with Gasteiger partial charge in [-0.15, -0.1) is 0 Å². The highest BCUT2D eigenvalue weighted by molar-refractivity contribution is 7.21. The Balaban J connectivity index is 1.49. The SMILES string of the molecule is CC(C)(C)c1ccc2c(c1)C(C)(C)c1ccccc1N2c1ccc(-c2nc3cccnc3s2)cc1. The topological polar surface area (TPSA) is 29.0 Å². The zero-order valence-corrected chi connectivity index (χ0v) is 21.6. The van der Waals surface area contributed by atoms with Gasteiger partial charge in [0.25, 0.3) is 0 Å². The number of anilines is 3. The van der Waals surface area contributed by atoms with Crippen LogP contribution in [-0.2, 0) is 10.8 Å². The fourth-order valence-electron chi connectivity index (χ4n) is 5.09. The Morgan fingerprint density at radius 1 is 0.800 bits per heavy atom. The van der Waals surface area contributed by atoms with Crippen molar-refractivity contribution >= 4 is 38.7 Å². The van der Waals surface area contributed by atoms with Gasteiger partial charge in [-0.05, 0) is 70.6 Å². The molecule has 5 aromatic rings. The van der Waals surface area contributed by atoms with E-state index in [0.717, 1.165) is 26.6 Å². The second kappa shape index (κ2) is 7.76. The number of thiazole rings is 1. The molecule has 1 aliphatic rings. The number of fused-ring (bicyclic) bond motifs is 3. The zero-order chi connectivity index (χ0) is 24.4. The molecule has 174 valence electrons. The molecule has 0 fully saturated rings. The van der Waals surface area contributed by atoms with Crippen molar-refractivity contribution in [1.82, 2.24) is 9.97 Å². The molecule has 0 saturated heterocycles. The van der Waals surface area contributed by atoms with Crippen LogP contribution < -0.4 is 4.90 Å². The predicted octanol–water partition coefficient (Wildman–Crippen LogP) is 8.76. The van der Waals surface area contributed by atoms with Crippen LogP contribution in [0.3, 0.4) is 0 Å². The predicted molar refractivity (Wildman–Crippen MR) is 148 cm³/mol. The summed E-state index contributed by atoms with van der Waals surface area (Å²) in [7, 11) is 0. The van der Waals surface area contributed by atoms with Crippen molar-refractivity contribution in [2.24, 2.45) is 0 Å². The molecule has 1 aliphatic heterocycles. The van der Waals surface area contributed by atoms with E-state index in [1.54, 1.807) is 11.3 Å². The summed E-state index contributed by atoms with van der Waals surface area (Å²) in [6, 6.07) is 28.6. The van der Waals surface area contributed by atoms with Gasteiger partial charge in [0, 0.05) is 22.9 Å². The summed E-state index contributed by atoms with van der Waals surface area (Å²) >= 11 is 1.64. The number of aromatic nitrogens is 2. The van der Waals surface area contributed by atoms with Crippen molar-refractivity contribution in [3.8, 4) is 10.6 Å². The lowest BCUT2D eigenvalue weighted by Crippen LogP contribution is -2.31. The average Bonchev–Trinajstić information content (AvgIpc) is 3.28. The van der Waals surface area contributed by atoms with E-state index in [-0.39, 0.29) is 10.8 Å². The third-order valence-electron chi connectivity index (χ3n) is 7.13. The van der Waals surface area contributed by atoms with Crippen LogP contribution in [0.4, 0.5) is 17.1 Å². The summed E-state index contributed by atoms with van der Waals surface area (Å²) in [5.74, 6) is 0. The Morgan fingerprint density at radius 2 is 1.54 bits per heavy atom. The Labute approximate surface area is 211 Å². The highest BCUT2D eigenvalue weighted by atomic mass is 32.1. The van der Waals surface area contributed by atoms with Crippen molar-refractivity contribution in [3.63, 3.8) is 0 Å². The van der Waals surface area contributed by atoms with Crippen molar-refractivity contribution < 1.29 is 0 Å². The maximum Gasteiger partial charge on any atom is 0.143 e. The molecule has 3 nitrogen and oxygen atoms in total. The molecule has 0 radical (unpaired) electrons. The van der Waals surface area contributed by atoms with Crippen molar-refractivity contribution in [3.05, 3.63) is 102 Å². The first kappa shape index (κ1) is 22.0. The standard InChI is InChI=1S/C31H29N3S/c1-30(2,3)21-14-17-27-24(19-21)31(4,5)23-9-6-7-11-26(23)34(27)22-15-12-20(13-16-22)28-33-25-10-8-18-32-29(25)35-28/h6-19H,1-5H3. The summed E-state index contributed by atoms with van der Waals surface area (Å²) in [5, 5.41) is 1.00. The molecular formula is C31H29N3S. The molecule has 0 saturated carbocycles. The summed E-state index contributed by atoms with van der Waals surface area (Å²) < 4.78 is 0. The monoisotopic (exact) mass is 475 g/mol. The van der Waals surface area contributed by atoms with Crippen molar-refractivity contribution in [2.75, 3.05) is 4.90 Å². The van der Waals surface area contributed by atoms with E-state index in [9.17, 15) is 0 Å². The summed E-state index contributed by atoms with van der Waals surface area (Å²) in [6.45, 7) is 11.5. The first-order valence-corrected chi connectivity index (χ1v) is 12.9. The molecule has 2 aromatic heterocycles. The second-order valence-electron chi connectivity index (χ2n) is 10.9. The average molecular weight is 476 g/mol. The first-order valence-electron chi connectivity index (χ1n) is 12.1. The highest BCUT2D eigenvalue weighted by Gasteiger charge is 2.37. The van der Waals surface area contributed by atoms with Crippen molar-refractivity contribution in [2.45, 2.75) is 45.4 Å². The number of benzene rings is 3. The molecule has 3 aromatic carbocycles. The Morgan fingerprint density at radius 3 is 2.29 bits per heavy atom. The van der Waals surface area contributed by atoms with Gasteiger partial charge in [-0.3, -0.25) is 0 Å². The van der Waals surface area contributed by atoms with Gasteiger partial charge in [0.1, 0.15) is 15.4 Å². The van der Waals surface area contributed by atoms with Gasteiger partial charge in [0.05, 0.1) is 11.4 Å². The van der Waals surface area contributed by atoms with Gasteiger partial charge in [-0.25, -0.2) is 9.97 Å². The Kier molecular flexibility index (Phi) is 4.87. The van der Waals surface area contributed by atoms with E-state index in [1.807, 2.05) is 18.3 Å². The Hall–Kier alpha value is -3.50. The molecular weight excluding hydrogens is 446 g/mol. The third kappa shape index (κ3) is 3.55. The van der Waals surface area contributed by atoms with E-state index < -0.39 is 0 Å². The quantitative estimate of drug-likeness (QED) is 0.255. The summed E-state index contributed by atoms with van der Waals surface area (Å²) in [5.41, 5.74) is 9.80. The van der Waals surface area contributed by atoms with E-state index in [1.165, 1.54) is 28.1 Å². The minimum Gasteiger partial charge on any atom is -0.310 e. The molecule has 4 heteroatoms. The lowest BCUT2D eigenvalue weighted by atomic mass is 9.71. The lowest BCUT2D eigenvalue weighted by molar-refractivity contribution is 0.580. The molecule has 6 rings (SSSR count). The Bertz CT molecular complexity index is 1520. The van der Waals surface area contributed by atoms with Gasteiger partial charge in [0.2, 0.25) is 0 Å². The van der Waals surface area contributed by atoms with Crippen LogP contribution in [0, 0.1) is 0 Å². The summed E-state index contributed by atoms with van der Waals surface area (Å²) in [4.78, 5) is 12.6. The van der Waals surface area contributed by atoms with Crippen LogP contribution >= 0.6 is 11.3 Å². The van der Waals surface area contributed by atoms with Crippen LogP contribution in [0.1, 0.15) is 51.3 Å². The van der Waals surface area contributed by atoms with E-state index in [4.69, 9.17) is 4.98 Å². The van der Waals surface area contributed by atoms with E-state index in [0.29, 0.717) is 0 Å². The van der Waals surface area contributed by atoms with E-state index >= 15 is 0 Å². The number of pyridine rings is 1. The van der Waals surface area contributed by atoms with Crippen LogP contribution in [-0.4, -0.2) is 9.97 Å². The largest absolute Gasteiger partial charge is 0.310 e. The lowest BCUT2D eigenvalue weighted by Gasteiger charge is -2.42. The molecule has 0 unspecified atom stereocenters. The number of rotatable bonds is 2. The minimum atomic E-state index is -0.0857. The molecule has 35 heavy (non-hydrogen) atoms. The maximum atomic E-state index is 4.79. The van der Waals surface area contributed by atoms with E-state index in [2.05, 4.69) is 111 Å². The number of para-hydroxylation sites is 1. The second-order valence-corrected chi connectivity index (χ2v) is 11.8. The van der Waals surface area contributed by atoms with Crippen molar-refractivity contribution in [1.29, 1.82) is 0 Å². The summed E-state index contributed by atoms with van der Waals surface area (Å²) in [6.07, 6.45) is 1.82. The fourth-order valence-corrected chi connectivity index (χ4v) is 6.01. The van der Waals surface area contributed by atoms with Crippen LogP contribution in [0.25, 0.3) is 20.9 Å². The number of nitrogens with zero attached hydrogens (tertiary/aromatic N) is 3. The molecule has 0 spiro atoms. The normalized spacial score (nSPS) is 14.6. The van der Waals surface area contributed by atoms with Crippen LogP contribution in [0.15, 0.2) is 85.1 Å². The van der Waals surface area contributed by atoms with Gasteiger partial charge < -0.3 is 4.90 Å². The third-order valence-corrected chi connectivity index (χ3v) is 8.16. The van der Waals surface area contributed by atoms with Gasteiger partial charge in [-0.2, -0.15) is 0 Å². The molecule has 0 atom stereocenters. The zero-order valence-electron chi connectivity index (χ0n) is 20.8. The number of hydrogen-bond acceptors (Lipinski definition) is 4. The first-order chi connectivity index (χ1) is 16.7. The molecule has 0 bridgehead atoms. The smallest absolute Gasteiger partial charge is 0.143 e. The maximum absolute atomic E-state index is 4.79. The van der Waals surface area contributed by atoms with Crippen LogP contribution in [0.5, 0.6) is 0 Å². The fraction of sp³-hybridized carbons (Fsp3) is 0.226. The molecule has 0 N–H and O–H groups in total. The molecule has 0 aliphatic carbocycles. The molecule has 3 heterocycles. The number of hydrogen-bond donors (Lipinski definition) is 0. The van der Waals surface area contributed by atoms with Gasteiger partial charge >= 0.3 is 0 Å². The highest BCUT2D eigenvalue weighted by Crippen LogP contribution is 2.52. The molecule has 0 amide bonds. The van der Waals surface area contributed by atoms with Crippen LogP contribution in [0.2, 0.25) is 0 Å². The van der Waals surface area contributed by atoms with Gasteiger partial charge in [0.15, 0.2) is 0 Å². The minimum absolute atomic E-state index is 0.0857. The van der Waals surface area contributed by atoms with Gasteiger partial charge in [-0.1, -0.05) is 76.3 Å².